The fraction of sp³-hybridized carbons (Fsp3) is 0.545. The van der Waals surface area contributed by atoms with Crippen LogP contribution in [0.4, 0.5) is 0 Å². The Bertz CT molecular complexity index is 404. The van der Waals surface area contributed by atoms with Gasteiger partial charge in [-0.3, -0.25) is 0 Å². The zero-order valence-electron chi connectivity index (χ0n) is 9.72. The molecule has 6 heteroatoms. The van der Waals surface area contributed by atoms with Gasteiger partial charge in [-0.2, -0.15) is 0 Å². The van der Waals surface area contributed by atoms with Crippen LogP contribution in [0.5, 0.6) is 0 Å². The normalized spacial score (nSPS) is 12.6. The minimum Gasteiger partial charge on any atom is -0.454 e. The molecule has 0 radical (unpaired) electrons. The van der Waals surface area contributed by atoms with Gasteiger partial charge in [-0.25, -0.2) is 4.79 Å². The smallest absolute Gasteiger partial charge is 0.376 e. The molecule has 0 N–H and O–H groups in total. The Kier molecular flexibility index (Phi) is 4.39. The van der Waals surface area contributed by atoms with Gasteiger partial charge in [-0.1, -0.05) is 44.0 Å². The minimum atomic E-state index is -1.74. The lowest BCUT2D eigenvalue weighted by Crippen LogP contribution is -2.24. The van der Waals surface area contributed by atoms with Crippen LogP contribution in [0.15, 0.2) is 16.5 Å². The molecule has 0 unspecified atom stereocenters. The number of alkyl halides is 3. The standard InChI is InChI=1S/C11H13Cl3O3/c1-10(2,3)8-5-4-7(16-8)9(15)17-11(13,14)6-12/h4-5H,6H2,1-3H3. The van der Waals surface area contributed by atoms with Crippen molar-refractivity contribution in [3.05, 3.63) is 23.7 Å². The summed E-state index contributed by atoms with van der Waals surface area (Å²) in [6, 6.07) is 3.22. The number of furan rings is 1. The third-order valence-electron chi connectivity index (χ3n) is 1.94. The molecule has 17 heavy (non-hydrogen) atoms. The summed E-state index contributed by atoms with van der Waals surface area (Å²) >= 11 is 16.7. The number of rotatable bonds is 3. The Morgan fingerprint density at radius 1 is 1.35 bits per heavy atom. The second kappa shape index (κ2) is 5.09. The number of carbonyl (C=O) groups excluding carboxylic acids is 1. The molecule has 0 saturated heterocycles. The highest BCUT2D eigenvalue weighted by Crippen LogP contribution is 2.28. The summed E-state index contributed by atoms with van der Waals surface area (Å²) < 4.78 is 8.39. The van der Waals surface area contributed by atoms with Gasteiger partial charge in [-0.15, -0.1) is 11.6 Å². The Labute approximate surface area is 115 Å². The zero-order valence-corrected chi connectivity index (χ0v) is 12.0. The van der Waals surface area contributed by atoms with Crippen molar-refractivity contribution in [1.82, 2.24) is 0 Å². The Hall–Kier alpha value is -0.380. The number of halogens is 3. The highest BCUT2D eigenvalue weighted by Gasteiger charge is 2.30. The average Bonchev–Trinajstić information content (AvgIpc) is 2.65. The topological polar surface area (TPSA) is 39.4 Å². The van der Waals surface area contributed by atoms with E-state index in [2.05, 4.69) is 0 Å². The van der Waals surface area contributed by atoms with Crippen LogP contribution in [0.2, 0.25) is 0 Å². The lowest BCUT2D eigenvalue weighted by atomic mass is 9.94. The molecule has 1 aromatic rings. The largest absolute Gasteiger partial charge is 0.454 e. The average molecular weight is 300 g/mol. The van der Waals surface area contributed by atoms with Gasteiger partial charge >= 0.3 is 5.97 Å². The van der Waals surface area contributed by atoms with E-state index in [9.17, 15) is 4.79 Å². The van der Waals surface area contributed by atoms with Crippen LogP contribution >= 0.6 is 34.8 Å². The molecule has 96 valence electrons. The van der Waals surface area contributed by atoms with Crippen LogP contribution in [0.25, 0.3) is 0 Å². The molecule has 0 atom stereocenters. The van der Waals surface area contributed by atoms with Gasteiger partial charge < -0.3 is 9.15 Å². The van der Waals surface area contributed by atoms with Crippen LogP contribution in [0, 0.1) is 0 Å². The first-order chi connectivity index (χ1) is 7.65. The van der Waals surface area contributed by atoms with Crippen molar-refractivity contribution >= 4 is 40.8 Å². The second-order valence-corrected chi connectivity index (χ2v) is 6.26. The van der Waals surface area contributed by atoms with Crippen molar-refractivity contribution in [3.63, 3.8) is 0 Å². The highest BCUT2D eigenvalue weighted by molar-refractivity contribution is 6.50. The molecule has 0 bridgehead atoms. The predicted octanol–water partition coefficient (Wildman–Crippen LogP) is 4.10. The number of hydrogen-bond acceptors (Lipinski definition) is 3. The molecule has 1 aromatic heterocycles. The van der Waals surface area contributed by atoms with E-state index in [1.807, 2.05) is 20.8 Å². The highest BCUT2D eigenvalue weighted by atomic mass is 35.5. The van der Waals surface area contributed by atoms with Crippen molar-refractivity contribution in [3.8, 4) is 0 Å². The van der Waals surface area contributed by atoms with Crippen molar-refractivity contribution in [2.75, 3.05) is 5.88 Å². The number of carbonyl (C=O) groups is 1. The molecule has 0 amide bonds. The SMILES string of the molecule is CC(C)(C)c1ccc(C(=O)OC(Cl)(Cl)CCl)o1. The summed E-state index contributed by atoms with van der Waals surface area (Å²) in [5.74, 6) is -0.253. The summed E-state index contributed by atoms with van der Waals surface area (Å²) in [5, 5.41) is 0. The fourth-order valence-corrected chi connectivity index (χ4v) is 1.26. The van der Waals surface area contributed by atoms with Gasteiger partial charge in [0.1, 0.15) is 5.76 Å². The summed E-state index contributed by atoms with van der Waals surface area (Å²) in [4.78, 5) is 11.6. The number of esters is 1. The van der Waals surface area contributed by atoms with Crippen LogP contribution in [0.1, 0.15) is 37.1 Å². The van der Waals surface area contributed by atoms with E-state index in [0.29, 0.717) is 5.76 Å². The zero-order chi connectivity index (χ0) is 13.3. The molecular weight excluding hydrogens is 286 g/mol. The van der Waals surface area contributed by atoms with E-state index in [1.54, 1.807) is 6.07 Å². The second-order valence-electron chi connectivity index (χ2n) is 4.57. The van der Waals surface area contributed by atoms with E-state index in [0.717, 1.165) is 0 Å². The van der Waals surface area contributed by atoms with Crippen molar-refractivity contribution < 1.29 is 13.9 Å². The van der Waals surface area contributed by atoms with E-state index >= 15 is 0 Å². The molecule has 1 rings (SSSR count). The summed E-state index contributed by atoms with van der Waals surface area (Å²) in [6.45, 7) is 5.90. The fourth-order valence-electron chi connectivity index (χ4n) is 1.06. The van der Waals surface area contributed by atoms with Gasteiger partial charge in [0.25, 0.3) is 4.52 Å². The summed E-state index contributed by atoms with van der Waals surface area (Å²) in [6.07, 6.45) is 0. The molecule has 0 aliphatic rings. The molecule has 0 aliphatic heterocycles. The predicted molar refractivity (Wildman–Crippen MR) is 68.0 cm³/mol. The monoisotopic (exact) mass is 298 g/mol. The van der Waals surface area contributed by atoms with Gasteiger partial charge in [0.15, 0.2) is 0 Å². The molecule has 0 aromatic carbocycles. The van der Waals surface area contributed by atoms with Crippen molar-refractivity contribution in [1.29, 1.82) is 0 Å². The Morgan fingerprint density at radius 2 is 1.94 bits per heavy atom. The van der Waals surface area contributed by atoms with Crippen molar-refractivity contribution in [2.24, 2.45) is 0 Å². The Morgan fingerprint density at radius 3 is 2.35 bits per heavy atom. The van der Waals surface area contributed by atoms with E-state index in [4.69, 9.17) is 44.0 Å². The molecular formula is C11H13Cl3O3. The van der Waals surface area contributed by atoms with E-state index in [-0.39, 0.29) is 17.1 Å². The van der Waals surface area contributed by atoms with Crippen LogP contribution in [-0.4, -0.2) is 16.4 Å². The molecule has 0 saturated carbocycles. The molecule has 1 heterocycles. The molecule has 0 fully saturated rings. The first kappa shape index (κ1) is 14.7. The van der Waals surface area contributed by atoms with Crippen LogP contribution < -0.4 is 0 Å². The van der Waals surface area contributed by atoms with E-state index < -0.39 is 10.5 Å². The van der Waals surface area contributed by atoms with Gasteiger partial charge in [-0.05, 0) is 12.1 Å². The molecule has 3 nitrogen and oxygen atoms in total. The lowest BCUT2D eigenvalue weighted by Gasteiger charge is -2.16. The third-order valence-corrected chi connectivity index (χ3v) is 3.02. The van der Waals surface area contributed by atoms with Crippen LogP contribution in [-0.2, 0) is 10.2 Å². The minimum absolute atomic E-state index is 0.0470. The molecule has 0 spiro atoms. The van der Waals surface area contributed by atoms with Crippen molar-refractivity contribution in [2.45, 2.75) is 30.7 Å². The maximum absolute atomic E-state index is 11.6. The first-order valence-corrected chi connectivity index (χ1v) is 6.22. The summed E-state index contributed by atoms with van der Waals surface area (Å²) in [5.41, 5.74) is -0.190. The summed E-state index contributed by atoms with van der Waals surface area (Å²) in [7, 11) is 0. The number of hydrogen-bond donors (Lipinski definition) is 0. The maximum atomic E-state index is 11.6. The maximum Gasteiger partial charge on any atom is 0.376 e. The quantitative estimate of drug-likeness (QED) is 0.623. The van der Waals surface area contributed by atoms with Crippen LogP contribution in [0.3, 0.4) is 0 Å². The van der Waals surface area contributed by atoms with Gasteiger partial charge in [0, 0.05) is 5.41 Å². The Balaban J connectivity index is 2.81. The first-order valence-electron chi connectivity index (χ1n) is 4.93. The van der Waals surface area contributed by atoms with E-state index in [1.165, 1.54) is 6.07 Å². The van der Waals surface area contributed by atoms with Gasteiger partial charge in [0.2, 0.25) is 5.76 Å². The number of ether oxygens (including phenoxy) is 1. The third kappa shape index (κ3) is 4.09. The lowest BCUT2D eigenvalue weighted by molar-refractivity contribution is 0.0372. The molecule has 0 aliphatic carbocycles. The van der Waals surface area contributed by atoms with Gasteiger partial charge in [0.05, 0.1) is 5.88 Å².